The van der Waals surface area contributed by atoms with E-state index < -0.39 is 34.5 Å². The zero-order valence-electron chi connectivity index (χ0n) is 41.3. The number of carbonyl (C=O) groups is 4. The smallest absolute Gasteiger partial charge is 0.408 e. The van der Waals surface area contributed by atoms with Gasteiger partial charge in [0.05, 0.1) is 6.42 Å². The first-order valence-electron chi connectivity index (χ1n) is 24.3. The van der Waals surface area contributed by atoms with Gasteiger partial charge in [-0.3, -0.25) is 9.59 Å². The third kappa shape index (κ3) is 14.9. The first-order chi connectivity index (χ1) is 28.1. The van der Waals surface area contributed by atoms with Crippen LogP contribution in [0.25, 0.3) is 0 Å². The minimum absolute atomic E-state index is 0.0248. The highest BCUT2D eigenvalue weighted by atomic mass is 16.6. The third-order valence-electron chi connectivity index (χ3n) is 14.9. The number of amides is 3. The number of rotatable bonds is 18. The van der Waals surface area contributed by atoms with Gasteiger partial charge in [-0.1, -0.05) is 58.6 Å². The Kier molecular flexibility index (Phi) is 17.0. The molecular formula is C51H89N3O7. The lowest BCUT2D eigenvalue weighted by molar-refractivity contribution is -0.153. The molecular weight excluding hydrogens is 767 g/mol. The molecule has 0 spiro atoms. The van der Waals surface area contributed by atoms with Crippen LogP contribution in [0.15, 0.2) is 11.6 Å². The highest BCUT2D eigenvalue weighted by molar-refractivity contribution is 5.81. The van der Waals surface area contributed by atoms with Crippen LogP contribution < -0.4 is 10.6 Å². The van der Waals surface area contributed by atoms with Gasteiger partial charge < -0.3 is 29.7 Å². The van der Waals surface area contributed by atoms with Gasteiger partial charge in [0, 0.05) is 37.0 Å². The molecule has 0 saturated heterocycles. The van der Waals surface area contributed by atoms with Crippen LogP contribution in [0, 0.1) is 40.4 Å². The molecule has 3 amide bonds. The molecule has 3 fully saturated rings. The van der Waals surface area contributed by atoms with Crippen molar-refractivity contribution in [3.8, 4) is 0 Å². The van der Waals surface area contributed by atoms with E-state index in [1.807, 2.05) is 69.2 Å². The maximum Gasteiger partial charge on any atom is 0.408 e. The number of ether oxygens (including phenoxy) is 3. The molecule has 3 saturated carbocycles. The second-order valence-corrected chi connectivity index (χ2v) is 23.9. The quantitative estimate of drug-likeness (QED) is 0.0609. The third-order valence-corrected chi connectivity index (χ3v) is 14.9. The molecule has 7 atom stereocenters. The Balaban J connectivity index is 1.32. The lowest BCUT2D eigenvalue weighted by Crippen LogP contribution is -2.50. The van der Waals surface area contributed by atoms with Gasteiger partial charge in [0.1, 0.15) is 17.3 Å². The van der Waals surface area contributed by atoms with E-state index in [-0.39, 0.29) is 36.2 Å². The molecule has 0 aromatic heterocycles. The predicted molar refractivity (Wildman–Crippen MR) is 245 cm³/mol. The fourth-order valence-electron chi connectivity index (χ4n) is 11.6. The first-order valence-corrected chi connectivity index (χ1v) is 24.3. The Morgan fingerprint density at radius 1 is 0.754 bits per heavy atom. The molecule has 10 heteroatoms. The zero-order chi connectivity index (χ0) is 45.6. The van der Waals surface area contributed by atoms with Crippen LogP contribution in [0.4, 0.5) is 9.59 Å². The summed E-state index contributed by atoms with van der Waals surface area (Å²) in [5.41, 5.74) is -0.279. The van der Waals surface area contributed by atoms with E-state index in [0.717, 1.165) is 42.9 Å². The van der Waals surface area contributed by atoms with Crippen molar-refractivity contribution in [2.24, 2.45) is 40.4 Å². The topological polar surface area (TPSA) is 123 Å². The number of nitrogens with zero attached hydrogens (tertiary/aromatic N) is 1. The molecule has 350 valence electrons. The summed E-state index contributed by atoms with van der Waals surface area (Å²) < 4.78 is 17.1. The van der Waals surface area contributed by atoms with E-state index in [0.29, 0.717) is 43.7 Å². The maximum atomic E-state index is 13.8. The molecule has 0 radical (unpaired) electrons. The molecule has 4 aliphatic carbocycles. The molecule has 0 aromatic rings. The van der Waals surface area contributed by atoms with Crippen LogP contribution >= 0.6 is 0 Å². The van der Waals surface area contributed by atoms with Crippen molar-refractivity contribution in [1.29, 1.82) is 0 Å². The summed E-state index contributed by atoms with van der Waals surface area (Å²) in [6, 6.07) is 0. The number of unbranched alkanes of at least 4 members (excludes halogenated alkanes) is 1. The van der Waals surface area contributed by atoms with E-state index >= 15 is 0 Å². The van der Waals surface area contributed by atoms with Gasteiger partial charge in [-0.05, 0) is 180 Å². The van der Waals surface area contributed by atoms with Gasteiger partial charge in [-0.15, -0.1) is 0 Å². The van der Waals surface area contributed by atoms with Crippen LogP contribution in [0.3, 0.4) is 0 Å². The average Bonchev–Trinajstić information content (AvgIpc) is 3.44. The molecule has 0 aromatic carbocycles. The fraction of sp³-hybridized carbons (Fsp3) is 0.882. The highest BCUT2D eigenvalue weighted by Crippen LogP contribution is 2.67. The SMILES string of the molecule is CC(C)CCCCC1CCC2C3CC=C4CC(OC(=O)CCC(=O)N(CCCC(C)(C)NC(=O)OC(C)(C)C)CCC(C)(C)NC(=O)OC(C)(C)C)CCC4(C)C3CCC12C. The standard InChI is InChI=1S/C51H89N3O7/c1-35(2)18-15-16-19-36-21-23-40-39-22-20-37-34-38(26-29-51(37,14)41(39)27-30-50(36,40)13)59-43(56)25-24-42(55)54(33-31-49(11,12)53-45(58)61-47(6,7)8)32-17-28-48(9,10)52-44(57)60-46(3,4)5/h20,35-36,38-41H,15-19,21-34H2,1-14H3,(H,52,57)(H,53,58). The van der Waals surface area contributed by atoms with Crippen molar-refractivity contribution in [3.05, 3.63) is 11.6 Å². The Hall–Kier alpha value is -2.78. The van der Waals surface area contributed by atoms with Crippen LogP contribution in [-0.2, 0) is 23.8 Å². The van der Waals surface area contributed by atoms with Crippen molar-refractivity contribution in [1.82, 2.24) is 15.5 Å². The Labute approximate surface area is 371 Å². The van der Waals surface area contributed by atoms with Crippen molar-refractivity contribution < 1.29 is 33.4 Å². The summed E-state index contributed by atoms with van der Waals surface area (Å²) in [6.07, 6.45) is 18.1. The number of hydrogen-bond acceptors (Lipinski definition) is 7. The van der Waals surface area contributed by atoms with Gasteiger partial charge in [0.15, 0.2) is 0 Å². The van der Waals surface area contributed by atoms with Gasteiger partial charge >= 0.3 is 18.2 Å². The number of allylic oxidation sites excluding steroid dienone is 1. The summed E-state index contributed by atoms with van der Waals surface area (Å²) in [6.45, 7) is 29.3. The molecule has 10 nitrogen and oxygen atoms in total. The molecule has 0 bridgehead atoms. The second kappa shape index (κ2) is 20.4. The number of carbonyl (C=O) groups excluding carboxylic acids is 4. The lowest BCUT2D eigenvalue weighted by atomic mass is 9.47. The minimum atomic E-state index is -0.648. The number of nitrogens with one attached hydrogen (secondary N) is 2. The summed E-state index contributed by atoms with van der Waals surface area (Å²) in [5.74, 6) is 3.55. The van der Waals surface area contributed by atoms with Crippen molar-refractivity contribution >= 4 is 24.1 Å². The molecule has 61 heavy (non-hydrogen) atoms. The maximum absolute atomic E-state index is 13.8. The Morgan fingerprint density at radius 2 is 1.38 bits per heavy atom. The number of alkyl carbamates (subject to hydrolysis) is 2. The Morgan fingerprint density at radius 3 is 1.98 bits per heavy atom. The van der Waals surface area contributed by atoms with E-state index in [9.17, 15) is 19.2 Å². The van der Waals surface area contributed by atoms with Gasteiger partial charge in [-0.2, -0.15) is 0 Å². The molecule has 4 aliphatic rings. The van der Waals surface area contributed by atoms with Gasteiger partial charge in [-0.25, -0.2) is 9.59 Å². The van der Waals surface area contributed by atoms with Gasteiger partial charge in [0.25, 0.3) is 0 Å². The van der Waals surface area contributed by atoms with E-state index in [1.54, 1.807) is 4.90 Å². The fourth-order valence-corrected chi connectivity index (χ4v) is 11.6. The highest BCUT2D eigenvalue weighted by Gasteiger charge is 2.58. The van der Waals surface area contributed by atoms with E-state index in [2.05, 4.69) is 44.4 Å². The zero-order valence-corrected chi connectivity index (χ0v) is 41.3. The summed E-state index contributed by atoms with van der Waals surface area (Å²) in [4.78, 5) is 54.1. The molecule has 4 rings (SSSR count). The van der Waals surface area contributed by atoms with Crippen LogP contribution in [-0.4, -0.2) is 70.4 Å². The van der Waals surface area contributed by atoms with Crippen LogP contribution in [0.5, 0.6) is 0 Å². The normalized spacial score (nSPS) is 27.9. The molecule has 7 unspecified atom stereocenters. The first kappa shape index (κ1) is 50.9. The Bertz CT molecular complexity index is 1540. The van der Waals surface area contributed by atoms with Crippen molar-refractivity contribution in [3.63, 3.8) is 0 Å². The molecule has 0 aliphatic heterocycles. The predicted octanol–water partition coefficient (Wildman–Crippen LogP) is 12.1. The largest absolute Gasteiger partial charge is 0.462 e. The molecule has 0 heterocycles. The molecule has 2 N–H and O–H groups in total. The summed E-state index contributed by atoms with van der Waals surface area (Å²) in [5, 5.41) is 5.90. The van der Waals surface area contributed by atoms with Gasteiger partial charge in [0.2, 0.25) is 5.91 Å². The van der Waals surface area contributed by atoms with E-state index in [4.69, 9.17) is 14.2 Å². The summed E-state index contributed by atoms with van der Waals surface area (Å²) in [7, 11) is 0. The minimum Gasteiger partial charge on any atom is -0.462 e. The van der Waals surface area contributed by atoms with E-state index in [1.165, 1.54) is 63.4 Å². The number of esters is 1. The van der Waals surface area contributed by atoms with Crippen LogP contribution in [0.1, 0.15) is 206 Å². The lowest BCUT2D eigenvalue weighted by Gasteiger charge is -2.58. The average molecular weight is 856 g/mol. The number of hydrogen-bond donors (Lipinski definition) is 2. The van der Waals surface area contributed by atoms with Crippen LogP contribution in [0.2, 0.25) is 0 Å². The number of fused-ring (bicyclic) bond motifs is 5. The second-order valence-electron chi connectivity index (χ2n) is 23.9. The van der Waals surface area contributed by atoms with Crippen molar-refractivity contribution in [2.45, 2.75) is 234 Å². The summed E-state index contributed by atoms with van der Waals surface area (Å²) >= 11 is 0. The van der Waals surface area contributed by atoms with Crippen molar-refractivity contribution in [2.75, 3.05) is 13.1 Å². The monoisotopic (exact) mass is 856 g/mol.